The zero-order valence-corrected chi connectivity index (χ0v) is 14.6. The van der Waals surface area contributed by atoms with Crippen LogP contribution >= 0.6 is 0 Å². The van der Waals surface area contributed by atoms with E-state index >= 15 is 0 Å². The van der Waals surface area contributed by atoms with Crippen LogP contribution in [0.15, 0.2) is 36.7 Å². The van der Waals surface area contributed by atoms with Gasteiger partial charge in [0.25, 0.3) is 5.91 Å². The molecule has 0 spiro atoms. The van der Waals surface area contributed by atoms with Crippen molar-refractivity contribution in [1.82, 2.24) is 15.3 Å². The molecule has 1 amide bonds. The third-order valence-corrected chi connectivity index (χ3v) is 3.58. The van der Waals surface area contributed by atoms with Crippen LogP contribution in [0.4, 0.5) is 5.95 Å². The summed E-state index contributed by atoms with van der Waals surface area (Å²) in [5, 5.41) is 5.94. The van der Waals surface area contributed by atoms with Gasteiger partial charge in [0.1, 0.15) is 5.75 Å². The summed E-state index contributed by atoms with van der Waals surface area (Å²) in [5.41, 5.74) is 1.64. The average Bonchev–Trinajstić information content (AvgIpc) is 2.66. The SMILES string of the molecule is COCCCNC(=O)c1cnc(NCCc2ccc(OC)cc2)nc1. The average molecular weight is 344 g/mol. The van der Waals surface area contributed by atoms with Crippen molar-refractivity contribution in [1.29, 1.82) is 0 Å². The van der Waals surface area contributed by atoms with Crippen molar-refractivity contribution in [3.63, 3.8) is 0 Å². The van der Waals surface area contributed by atoms with E-state index in [0.717, 1.165) is 18.6 Å². The van der Waals surface area contributed by atoms with E-state index in [2.05, 4.69) is 20.6 Å². The van der Waals surface area contributed by atoms with E-state index in [4.69, 9.17) is 9.47 Å². The van der Waals surface area contributed by atoms with Gasteiger partial charge in [0.2, 0.25) is 5.95 Å². The van der Waals surface area contributed by atoms with Gasteiger partial charge in [-0.3, -0.25) is 4.79 Å². The van der Waals surface area contributed by atoms with Crippen molar-refractivity contribution in [2.24, 2.45) is 0 Å². The molecule has 0 unspecified atom stereocenters. The molecule has 0 aliphatic carbocycles. The van der Waals surface area contributed by atoms with E-state index in [1.165, 1.54) is 18.0 Å². The highest BCUT2D eigenvalue weighted by molar-refractivity contribution is 5.93. The number of nitrogens with zero attached hydrogens (tertiary/aromatic N) is 2. The van der Waals surface area contributed by atoms with E-state index in [1.807, 2.05) is 24.3 Å². The lowest BCUT2D eigenvalue weighted by Gasteiger charge is -2.07. The lowest BCUT2D eigenvalue weighted by molar-refractivity contribution is 0.0948. The Morgan fingerprint density at radius 2 is 1.80 bits per heavy atom. The third kappa shape index (κ3) is 6.39. The van der Waals surface area contributed by atoms with Crippen molar-refractivity contribution in [2.75, 3.05) is 39.2 Å². The molecule has 1 aromatic carbocycles. The number of anilines is 1. The highest BCUT2D eigenvalue weighted by Gasteiger charge is 2.06. The number of hydrogen-bond donors (Lipinski definition) is 2. The summed E-state index contributed by atoms with van der Waals surface area (Å²) in [4.78, 5) is 20.3. The smallest absolute Gasteiger partial charge is 0.254 e. The minimum Gasteiger partial charge on any atom is -0.497 e. The summed E-state index contributed by atoms with van der Waals surface area (Å²) in [7, 11) is 3.29. The molecule has 0 fully saturated rings. The molecule has 1 aromatic heterocycles. The maximum atomic E-state index is 11.9. The fraction of sp³-hybridized carbons (Fsp3) is 0.389. The molecule has 7 heteroatoms. The maximum Gasteiger partial charge on any atom is 0.254 e. The summed E-state index contributed by atoms with van der Waals surface area (Å²) in [6, 6.07) is 7.93. The summed E-state index contributed by atoms with van der Waals surface area (Å²) >= 11 is 0. The van der Waals surface area contributed by atoms with E-state index in [0.29, 0.717) is 31.2 Å². The molecule has 2 N–H and O–H groups in total. The molecule has 1 heterocycles. The van der Waals surface area contributed by atoms with Gasteiger partial charge in [-0.1, -0.05) is 12.1 Å². The van der Waals surface area contributed by atoms with Crippen LogP contribution in [0.1, 0.15) is 22.3 Å². The first-order chi connectivity index (χ1) is 12.2. The Hall–Kier alpha value is -2.67. The Balaban J connectivity index is 1.74. The van der Waals surface area contributed by atoms with Gasteiger partial charge < -0.3 is 20.1 Å². The number of methoxy groups -OCH3 is 2. The van der Waals surface area contributed by atoms with Crippen LogP contribution in [0.2, 0.25) is 0 Å². The molecule has 134 valence electrons. The molecule has 0 saturated heterocycles. The van der Waals surface area contributed by atoms with Gasteiger partial charge in [-0.15, -0.1) is 0 Å². The molecule has 25 heavy (non-hydrogen) atoms. The van der Waals surface area contributed by atoms with Crippen LogP contribution in [-0.2, 0) is 11.2 Å². The van der Waals surface area contributed by atoms with Gasteiger partial charge in [-0.2, -0.15) is 0 Å². The molecule has 7 nitrogen and oxygen atoms in total. The molecule has 0 bridgehead atoms. The Labute approximate surface area is 147 Å². The first kappa shape index (κ1) is 18.7. The minimum absolute atomic E-state index is 0.180. The normalized spacial score (nSPS) is 10.3. The number of carbonyl (C=O) groups is 1. The first-order valence-electron chi connectivity index (χ1n) is 8.19. The molecule has 2 aromatic rings. The molecule has 0 atom stereocenters. The van der Waals surface area contributed by atoms with Gasteiger partial charge in [-0.25, -0.2) is 9.97 Å². The van der Waals surface area contributed by atoms with Crippen molar-refractivity contribution in [3.05, 3.63) is 47.8 Å². The monoisotopic (exact) mass is 344 g/mol. The largest absolute Gasteiger partial charge is 0.497 e. The fourth-order valence-electron chi connectivity index (χ4n) is 2.17. The number of hydrogen-bond acceptors (Lipinski definition) is 6. The Kier molecular flexibility index (Phi) is 7.65. The van der Waals surface area contributed by atoms with E-state index < -0.39 is 0 Å². The topological polar surface area (TPSA) is 85.4 Å². The van der Waals surface area contributed by atoms with Gasteiger partial charge in [-0.05, 0) is 30.5 Å². The van der Waals surface area contributed by atoms with Crippen molar-refractivity contribution in [2.45, 2.75) is 12.8 Å². The van der Waals surface area contributed by atoms with Gasteiger partial charge in [0, 0.05) is 39.2 Å². The predicted molar refractivity (Wildman–Crippen MR) is 96.0 cm³/mol. The third-order valence-electron chi connectivity index (χ3n) is 3.58. The van der Waals surface area contributed by atoms with Crippen LogP contribution in [0, 0.1) is 0 Å². The second-order valence-corrected chi connectivity index (χ2v) is 5.42. The molecular formula is C18H24N4O3. The van der Waals surface area contributed by atoms with Crippen LogP contribution in [0.3, 0.4) is 0 Å². The molecule has 0 aliphatic heterocycles. The number of ether oxygens (including phenoxy) is 2. The van der Waals surface area contributed by atoms with Crippen LogP contribution in [0.5, 0.6) is 5.75 Å². The summed E-state index contributed by atoms with van der Waals surface area (Å²) in [6.07, 6.45) is 4.66. The number of amides is 1. The van der Waals surface area contributed by atoms with E-state index in [-0.39, 0.29) is 5.91 Å². The second-order valence-electron chi connectivity index (χ2n) is 5.42. The summed E-state index contributed by atoms with van der Waals surface area (Å²) in [6.45, 7) is 1.89. The standard InChI is InChI=1S/C18H24N4O3/c1-24-11-3-9-19-17(23)15-12-21-18(22-13-15)20-10-8-14-4-6-16(25-2)7-5-14/h4-7,12-13H,3,8-11H2,1-2H3,(H,19,23)(H,20,21,22). The number of benzene rings is 1. The zero-order chi connectivity index (χ0) is 17.9. The second kappa shape index (κ2) is 10.2. The van der Waals surface area contributed by atoms with E-state index in [1.54, 1.807) is 14.2 Å². The maximum absolute atomic E-state index is 11.9. The first-order valence-corrected chi connectivity index (χ1v) is 8.19. The van der Waals surface area contributed by atoms with Gasteiger partial charge in [0.15, 0.2) is 0 Å². The Morgan fingerprint density at radius 3 is 2.44 bits per heavy atom. The highest BCUT2D eigenvalue weighted by Crippen LogP contribution is 2.11. The highest BCUT2D eigenvalue weighted by atomic mass is 16.5. The number of carbonyl (C=O) groups excluding carboxylic acids is 1. The molecular weight excluding hydrogens is 320 g/mol. The molecule has 0 aliphatic rings. The van der Waals surface area contributed by atoms with E-state index in [9.17, 15) is 4.79 Å². The van der Waals surface area contributed by atoms with Gasteiger partial charge >= 0.3 is 0 Å². The number of nitrogens with one attached hydrogen (secondary N) is 2. The van der Waals surface area contributed by atoms with Crippen LogP contribution < -0.4 is 15.4 Å². The fourth-order valence-corrected chi connectivity index (χ4v) is 2.17. The number of aromatic nitrogens is 2. The van der Waals surface area contributed by atoms with Crippen molar-refractivity contribution >= 4 is 11.9 Å². The van der Waals surface area contributed by atoms with Crippen molar-refractivity contribution in [3.8, 4) is 5.75 Å². The van der Waals surface area contributed by atoms with Crippen LogP contribution in [-0.4, -0.2) is 49.8 Å². The summed E-state index contributed by atoms with van der Waals surface area (Å²) in [5.74, 6) is 1.17. The molecule has 0 radical (unpaired) electrons. The lowest BCUT2D eigenvalue weighted by Crippen LogP contribution is -2.25. The Morgan fingerprint density at radius 1 is 1.08 bits per heavy atom. The van der Waals surface area contributed by atoms with Gasteiger partial charge in [0.05, 0.1) is 12.7 Å². The quantitative estimate of drug-likeness (QED) is 0.641. The minimum atomic E-state index is -0.180. The zero-order valence-electron chi connectivity index (χ0n) is 14.6. The predicted octanol–water partition coefficient (Wildman–Crippen LogP) is 1.91. The summed E-state index contributed by atoms with van der Waals surface area (Å²) < 4.78 is 10.1. The molecule has 2 rings (SSSR count). The lowest BCUT2D eigenvalue weighted by atomic mass is 10.1. The molecule has 0 saturated carbocycles. The van der Waals surface area contributed by atoms with Crippen LogP contribution in [0.25, 0.3) is 0 Å². The number of rotatable bonds is 10. The Bertz CT molecular complexity index is 644. The van der Waals surface area contributed by atoms with Crippen molar-refractivity contribution < 1.29 is 14.3 Å².